The lowest BCUT2D eigenvalue weighted by Gasteiger charge is -2.11. The van der Waals surface area contributed by atoms with E-state index in [1.165, 1.54) is 0 Å². The topological polar surface area (TPSA) is 91.5 Å². The van der Waals surface area contributed by atoms with Crippen molar-refractivity contribution in [2.45, 2.75) is 31.8 Å². The van der Waals surface area contributed by atoms with Crippen LogP contribution in [0.4, 0.5) is 0 Å². The Balaban J connectivity index is 1.87. The fourth-order valence-corrected chi connectivity index (χ4v) is 2.09. The first-order valence-corrected chi connectivity index (χ1v) is 6.87. The molecule has 2 amide bonds. The van der Waals surface area contributed by atoms with Crippen molar-refractivity contribution in [1.29, 1.82) is 0 Å². The summed E-state index contributed by atoms with van der Waals surface area (Å²) in [5.41, 5.74) is 11.8. The van der Waals surface area contributed by atoms with E-state index in [1.807, 2.05) is 24.3 Å². The van der Waals surface area contributed by atoms with Gasteiger partial charge in [0.15, 0.2) is 0 Å². The van der Waals surface area contributed by atoms with Gasteiger partial charge in [-0.05, 0) is 24.1 Å². The van der Waals surface area contributed by atoms with Crippen molar-refractivity contribution in [3.8, 4) is 5.75 Å². The molecule has 0 radical (unpaired) electrons. The number of hydrogen-bond acceptors (Lipinski definition) is 5. The molecule has 4 N–H and O–H groups in total. The molecule has 7 nitrogen and oxygen atoms in total. The van der Waals surface area contributed by atoms with Gasteiger partial charge >= 0.3 is 0 Å². The van der Waals surface area contributed by atoms with E-state index in [-0.39, 0.29) is 17.9 Å². The number of carbonyl (C=O) groups excluding carboxylic acids is 2. The van der Waals surface area contributed by atoms with Gasteiger partial charge in [0.05, 0.1) is 7.11 Å². The predicted octanol–water partition coefficient (Wildman–Crippen LogP) is 0.160. The first-order chi connectivity index (χ1) is 10.1. The van der Waals surface area contributed by atoms with Gasteiger partial charge in [-0.3, -0.25) is 20.4 Å². The molecule has 0 saturated carbocycles. The van der Waals surface area contributed by atoms with Crippen LogP contribution in [0, 0.1) is 0 Å². The molecule has 1 fully saturated rings. The number of methoxy groups -OCH3 is 1. The third kappa shape index (κ3) is 3.93. The van der Waals surface area contributed by atoms with Crippen molar-refractivity contribution >= 4 is 11.8 Å². The minimum absolute atomic E-state index is 0.0357. The maximum Gasteiger partial charge on any atom is 0.256 e. The van der Waals surface area contributed by atoms with Gasteiger partial charge in [0.25, 0.3) is 5.91 Å². The smallest absolute Gasteiger partial charge is 0.256 e. The van der Waals surface area contributed by atoms with Crippen LogP contribution in [0.2, 0.25) is 0 Å². The molecule has 1 aliphatic rings. The van der Waals surface area contributed by atoms with E-state index >= 15 is 0 Å². The molecule has 1 aliphatic heterocycles. The first kappa shape index (κ1) is 15.3. The number of hydrazine groups is 2. The molecular weight excluding hydrogens is 272 g/mol. The van der Waals surface area contributed by atoms with E-state index in [9.17, 15) is 9.59 Å². The summed E-state index contributed by atoms with van der Waals surface area (Å²) in [4.78, 5) is 23.0. The standard InChI is InChI=1S/C14H20N4O3/c1-3-13(19)17-18-14(20)12-8-11(15-16-12)9-4-6-10(21-2)7-5-9/h4-7,11-12,15-16H,3,8H2,1-2H3,(H,17,19)(H,18,20). The normalized spacial score (nSPS) is 20.9. The van der Waals surface area contributed by atoms with Crippen molar-refractivity contribution in [3.63, 3.8) is 0 Å². The molecule has 21 heavy (non-hydrogen) atoms. The molecule has 2 unspecified atom stereocenters. The van der Waals surface area contributed by atoms with Crippen LogP contribution in [0.1, 0.15) is 31.4 Å². The second-order valence-corrected chi connectivity index (χ2v) is 4.79. The van der Waals surface area contributed by atoms with Gasteiger partial charge in [-0.25, -0.2) is 10.9 Å². The van der Waals surface area contributed by atoms with Crippen LogP contribution in [0.3, 0.4) is 0 Å². The van der Waals surface area contributed by atoms with Crippen LogP contribution in [-0.2, 0) is 9.59 Å². The molecule has 114 valence electrons. The van der Waals surface area contributed by atoms with Gasteiger partial charge in [0.2, 0.25) is 5.91 Å². The lowest BCUT2D eigenvalue weighted by Crippen LogP contribution is -2.50. The highest BCUT2D eigenvalue weighted by Gasteiger charge is 2.30. The highest BCUT2D eigenvalue weighted by Crippen LogP contribution is 2.24. The number of nitrogens with one attached hydrogen (secondary N) is 4. The molecule has 1 aromatic carbocycles. The van der Waals surface area contributed by atoms with Crippen LogP contribution in [0.25, 0.3) is 0 Å². The van der Waals surface area contributed by atoms with Crippen molar-refractivity contribution in [2.75, 3.05) is 7.11 Å². The first-order valence-electron chi connectivity index (χ1n) is 6.87. The number of carbonyl (C=O) groups is 2. The number of rotatable bonds is 4. The number of benzene rings is 1. The van der Waals surface area contributed by atoms with Crippen LogP contribution < -0.4 is 26.4 Å². The molecule has 2 atom stereocenters. The van der Waals surface area contributed by atoms with Crippen LogP contribution in [0.15, 0.2) is 24.3 Å². The molecule has 1 heterocycles. The summed E-state index contributed by atoms with van der Waals surface area (Å²) in [5.74, 6) is 0.308. The average Bonchev–Trinajstić information content (AvgIpc) is 3.02. The second kappa shape index (κ2) is 7.05. The fraction of sp³-hybridized carbons (Fsp3) is 0.429. The third-order valence-electron chi connectivity index (χ3n) is 3.38. The zero-order valence-electron chi connectivity index (χ0n) is 12.1. The van der Waals surface area contributed by atoms with Gasteiger partial charge in [-0.15, -0.1) is 0 Å². The largest absolute Gasteiger partial charge is 0.497 e. The summed E-state index contributed by atoms with van der Waals surface area (Å²) in [6.07, 6.45) is 0.922. The maximum absolute atomic E-state index is 11.9. The number of amides is 2. The molecule has 0 spiro atoms. The summed E-state index contributed by atoms with van der Waals surface area (Å²) in [6, 6.07) is 7.31. The lowest BCUT2D eigenvalue weighted by atomic mass is 10.0. The van der Waals surface area contributed by atoms with E-state index < -0.39 is 6.04 Å². The zero-order chi connectivity index (χ0) is 15.2. The Morgan fingerprint density at radius 3 is 2.57 bits per heavy atom. The number of ether oxygens (including phenoxy) is 1. The lowest BCUT2D eigenvalue weighted by molar-refractivity contribution is -0.129. The number of hydrogen-bond donors (Lipinski definition) is 4. The second-order valence-electron chi connectivity index (χ2n) is 4.79. The minimum Gasteiger partial charge on any atom is -0.497 e. The van der Waals surface area contributed by atoms with E-state index in [4.69, 9.17) is 4.74 Å². The van der Waals surface area contributed by atoms with Crippen molar-refractivity contribution < 1.29 is 14.3 Å². The molecule has 1 saturated heterocycles. The molecule has 0 aliphatic carbocycles. The molecule has 7 heteroatoms. The van der Waals surface area contributed by atoms with Crippen molar-refractivity contribution in [3.05, 3.63) is 29.8 Å². The monoisotopic (exact) mass is 292 g/mol. The van der Waals surface area contributed by atoms with Gasteiger partial charge in [-0.1, -0.05) is 19.1 Å². The van der Waals surface area contributed by atoms with E-state index in [2.05, 4.69) is 21.7 Å². The molecule has 0 bridgehead atoms. The highest BCUT2D eigenvalue weighted by molar-refractivity contribution is 5.85. The van der Waals surface area contributed by atoms with E-state index in [0.29, 0.717) is 12.8 Å². The molecule has 2 rings (SSSR count). The SMILES string of the molecule is CCC(=O)NNC(=O)C1CC(c2ccc(OC)cc2)NN1. The van der Waals surface area contributed by atoms with Crippen molar-refractivity contribution in [1.82, 2.24) is 21.7 Å². The average molecular weight is 292 g/mol. The Labute approximate surface area is 123 Å². The van der Waals surface area contributed by atoms with E-state index in [0.717, 1.165) is 11.3 Å². The highest BCUT2D eigenvalue weighted by atomic mass is 16.5. The summed E-state index contributed by atoms with van der Waals surface area (Å²) in [5, 5.41) is 0. The van der Waals surface area contributed by atoms with Gasteiger partial charge < -0.3 is 4.74 Å². The Morgan fingerprint density at radius 1 is 1.24 bits per heavy atom. The molecule has 1 aromatic rings. The zero-order valence-corrected chi connectivity index (χ0v) is 12.1. The van der Waals surface area contributed by atoms with Crippen LogP contribution in [-0.4, -0.2) is 25.0 Å². The van der Waals surface area contributed by atoms with Crippen LogP contribution >= 0.6 is 0 Å². The van der Waals surface area contributed by atoms with Crippen molar-refractivity contribution in [2.24, 2.45) is 0 Å². The quantitative estimate of drug-likeness (QED) is 0.593. The van der Waals surface area contributed by atoms with E-state index in [1.54, 1.807) is 14.0 Å². The Morgan fingerprint density at radius 2 is 1.95 bits per heavy atom. The summed E-state index contributed by atoms with van der Waals surface area (Å²) < 4.78 is 5.12. The predicted molar refractivity (Wildman–Crippen MR) is 77.0 cm³/mol. The van der Waals surface area contributed by atoms with Crippen LogP contribution in [0.5, 0.6) is 5.75 Å². The molecular formula is C14H20N4O3. The summed E-state index contributed by atoms with van der Waals surface area (Å²) >= 11 is 0. The fourth-order valence-electron chi connectivity index (χ4n) is 2.09. The van der Waals surface area contributed by atoms with Gasteiger partial charge in [0, 0.05) is 12.5 Å². The van der Waals surface area contributed by atoms with Gasteiger partial charge in [0.1, 0.15) is 11.8 Å². The summed E-state index contributed by atoms with van der Waals surface area (Å²) in [7, 11) is 1.62. The Hall–Kier alpha value is -2.12. The Kier molecular flexibility index (Phi) is 5.13. The Bertz CT molecular complexity index is 503. The summed E-state index contributed by atoms with van der Waals surface area (Å²) in [6.45, 7) is 1.72. The third-order valence-corrected chi connectivity index (χ3v) is 3.38. The maximum atomic E-state index is 11.9. The molecule has 0 aromatic heterocycles. The minimum atomic E-state index is -0.394. The van der Waals surface area contributed by atoms with Gasteiger partial charge in [-0.2, -0.15) is 0 Å².